The van der Waals surface area contributed by atoms with Crippen LogP contribution in [0.1, 0.15) is 31.1 Å². The first-order valence-corrected chi connectivity index (χ1v) is 15.6. The molecule has 0 fully saturated rings. The van der Waals surface area contributed by atoms with Crippen molar-refractivity contribution >= 4 is 24.7 Å². The number of hydrogen-bond donors (Lipinski definition) is 1. The summed E-state index contributed by atoms with van der Waals surface area (Å²) in [6, 6.07) is 20.6. The molecule has 3 aromatic rings. The number of benzene rings is 3. The molecule has 0 bridgehead atoms. The number of Topliss-reactive ketones (excluding diaryl/α,β-unsaturated/α-hetero) is 1. The van der Waals surface area contributed by atoms with Gasteiger partial charge in [-0.15, -0.1) is 0 Å². The van der Waals surface area contributed by atoms with Gasteiger partial charge in [-0.2, -0.15) is 0 Å². The van der Waals surface area contributed by atoms with Gasteiger partial charge in [0, 0.05) is 29.9 Å². The summed E-state index contributed by atoms with van der Waals surface area (Å²) >= 11 is 0. The maximum absolute atomic E-state index is 11.7. The molecule has 0 radical (unpaired) electrons. The molecule has 34 heavy (non-hydrogen) atoms. The van der Waals surface area contributed by atoms with Crippen molar-refractivity contribution in [2.75, 3.05) is 31.2 Å². The van der Waals surface area contributed by atoms with E-state index in [-0.39, 0.29) is 19.0 Å². The molecule has 180 valence electrons. The molecule has 0 saturated carbocycles. The molecule has 0 heterocycles. The summed E-state index contributed by atoms with van der Waals surface area (Å²) in [4.78, 5) is 14.1. The Balaban J connectivity index is 2.15. The Bertz CT molecular complexity index is 1130. The normalized spacial score (nSPS) is 11.4. The van der Waals surface area contributed by atoms with Crippen LogP contribution in [-0.4, -0.2) is 45.3 Å². The van der Waals surface area contributed by atoms with Gasteiger partial charge in [0.2, 0.25) is 0 Å². The van der Waals surface area contributed by atoms with Gasteiger partial charge in [0.15, 0.2) is 5.78 Å². The molecule has 4 nitrogen and oxygen atoms in total. The second-order valence-electron chi connectivity index (χ2n) is 9.57. The van der Waals surface area contributed by atoms with Gasteiger partial charge in [0.1, 0.15) is 12.4 Å². The zero-order valence-electron chi connectivity index (χ0n) is 21.3. The predicted molar refractivity (Wildman–Crippen MR) is 146 cm³/mol. The van der Waals surface area contributed by atoms with Crippen molar-refractivity contribution in [2.24, 2.45) is 0 Å². The van der Waals surface area contributed by atoms with Crippen LogP contribution in [0.3, 0.4) is 0 Å². The van der Waals surface area contributed by atoms with E-state index in [0.29, 0.717) is 5.56 Å². The van der Waals surface area contributed by atoms with Crippen molar-refractivity contribution in [1.82, 2.24) is 0 Å². The van der Waals surface area contributed by atoms with E-state index in [1.54, 1.807) is 6.92 Å². The van der Waals surface area contributed by atoms with Crippen molar-refractivity contribution in [3.63, 3.8) is 0 Å². The number of carbonyl (C=O) groups is 1. The van der Waals surface area contributed by atoms with Gasteiger partial charge in [-0.3, -0.25) is 4.79 Å². The number of anilines is 1. The summed E-state index contributed by atoms with van der Waals surface area (Å²) in [5.74, 6) is 0.822. The quantitative estimate of drug-likeness (QED) is 0.289. The van der Waals surface area contributed by atoms with E-state index in [4.69, 9.17) is 4.74 Å². The molecular formula is C29H37NO3Si. The first-order chi connectivity index (χ1) is 16.2. The standard InChI is InChI=1S/C29H37NO3Si/c1-7-30(8-2)27-15-13-25(20-29(27)34(4,5)6)26-19-24(14-16-28(26)33-18-17-31)23-11-9-22(10-12-23)21(3)32/h9-16,19-20,31H,7-8,17-18H2,1-6H3. The number of carbonyl (C=O) groups excluding carboxylic acids is 1. The van der Waals surface area contributed by atoms with Gasteiger partial charge >= 0.3 is 0 Å². The highest BCUT2D eigenvalue weighted by molar-refractivity contribution is 6.89. The fourth-order valence-corrected chi connectivity index (χ4v) is 5.86. The lowest BCUT2D eigenvalue weighted by Crippen LogP contribution is -2.42. The minimum Gasteiger partial charge on any atom is -0.491 e. The maximum atomic E-state index is 11.7. The summed E-state index contributed by atoms with van der Waals surface area (Å²) in [5.41, 5.74) is 6.25. The summed E-state index contributed by atoms with van der Waals surface area (Å²) in [6.07, 6.45) is 0. The maximum Gasteiger partial charge on any atom is 0.159 e. The van der Waals surface area contributed by atoms with Crippen LogP contribution in [0.5, 0.6) is 5.75 Å². The lowest BCUT2D eigenvalue weighted by atomic mass is 9.97. The molecule has 0 aliphatic carbocycles. The van der Waals surface area contributed by atoms with E-state index in [9.17, 15) is 9.90 Å². The molecule has 0 unspecified atom stereocenters. The number of rotatable bonds is 10. The average molecular weight is 476 g/mol. The van der Waals surface area contributed by atoms with Crippen LogP contribution in [0.2, 0.25) is 19.6 Å². The first kappa shape index (κ1) is 25.7. The molecule has 0 aromatic heterocycles. The van der Waals surface area contributed by atoms with Crippen LogP contribution < -0.4 is 14.8 Å². The molecule has 0 spiro atoms. The third kappa shape index (κ3) is 5.77. The van der Waals surface area contributed by atoms with Gasteiger partial charge < -0.3 is 14.7 Å². The first-order valence-electron chi connectivity index (χ1n) is 12.1. The van der Waals surface area contributed by atoms with E-state index in [1.807, 2.05) is 36.4 Å². The Morgan fingerprint density at radius 1 is 0.882 bits per heavy atom. The van der Waals surface area contributed by atoms with Gasteiger partial charge in [0.05, 0.1) is 14.7 Å². The molecule has 0 amide bonds. The summed E-state index contributed by atoms with van der Waals surface area (Å²) in [6.45, 7) is 15.3. The van der Waals surface area contributed by atoms with E-state index in [2.05, 4.69) is 62.7 Å². The summed E-state index contributed by atoms with van der Waals surface area (Å²) in [7, 11) is -1.63. The van der Waals surface area contributed by atoms with Crippen LogP contribution in [-0.2, 0) is 0 Å². The lowest BCUT2D eigenvalue weighted by molar-refractivity contribution is 0.101. The monoisotopic (exact) mass is 475 g/mol. The summed E-state index contributed by atoms with van der Waals surface area (Å²) < 4.78 is 5.93. The third-order valence-electron chi connectivity index (χ3n) is 6.17. The van der Waals surface area contributed by atoms with Crippen molar-refractivity contribution < 1.29 is 14.6 Å². The highest BCUT2D eigenvalue weighted by Crippen LogP contribution is 2.35. The zero-order chi connectivity index (χ0) is 24.9. The molecular weight excluding hydrogens is 438 g/mol. The second-order valence-corrected chi connectivity index (χ2v) is 14.6. The fraction of sp³-hybridized carbons (Fsp3) is 0.345. The number of ether oxygens (including phenoxy) is 1. The Hall–Kier alpha value is -2.89. The highest BCUT2D eigenvalue weighted by atomic mass is 28.3. The van der Waals surface area contributed by atoms with Gasteiger partial charge in [-0.1, -0.05) is 62.1 Å². The number of nitrogens with zero attached hydrogens (tertiary/aromatic N) is 1. The molecule has 0 aliphatic heterocycles. The Kier molecular flexibility index (Phi) is 8.34. The largest absolute Gasteiger partial charge is 0.491 e. The van der Waals surface area contributed by atoms with Crippen LogP contribution in [0, 0.1) is 0 Å². The lowest BCUT2D eigenvalue weighted by Gasteiger charge is -2.30. The van der Waals surface area contributed by atoms with Crippen LogP contribution in [0.4, 0.5) is 5.69 Å². The Morgan fingerprint density at radius 3 is 2.06 bits per heavy atom. The Morgan fingerprint density at radius 2 is 1.50 bits per heavy atom. The van der Waals surface area contributed by atoms with E-state index < -0.39 is 8.07 Å². The number of aliphatic hydroxyl groups excluding tert-OH is 1. The van der Waals surface area contributed by atoms with Crippen LogP contribution in [0.25, 0.3) is 22.3 Å². The minimum absolute atomic E-state index is 0.0330. The third-order valence-corrected chi connectivity index (χ3v) is 8.19. The number of hydrogen-bond acceptors (Lipinski definition) is 4. The van der Waals surface area contributed by atoms with Gasteiger partial charge in [0.25, 0.3) is 0 Å². The smallest absolute Gasteiger partial charge is 0.159 e. The zero-order valence-corrected chi connectivity index (χ0v) is 22.3. The van der Waals surface area contributed by atoms with Gasteiger partial charge in [-0.25, -0.2) is 0 Å². The molecule has 1 N–H and O–H groups in total. The van der Waals surface area contributed by atoms with Crippen molar-refractivity contribution in [3.8, 4) is 28.0 Å². The number of aliphatic hydroxyl groups is 1. The van der Waals surface area contributed by atoms with Crippen LogP contribution in [0.15, 0.2) is 60.7 Å². The second kappa shape index (κ2) is 11.0. The average Bonchev–Trinajstić information content (AvgIpc) is 2.83. The van der Waals surface area contributed by atoms with Gasteiger partial charge in [-0.05, 0) is 60.8 Å². The molecule has 3 rings (SSSR count). The predicted octanol–water partition coefficient (Wildman–Crippen LogP) is 5.99. The molecule has 5 heteroatoms. The van der Waals surface area contributed by atoms with E-state index >= 15 is 0 Å². The topological polar surface area (TPSA) is 49.8 Å². The number of ketones is 1. The fourth-order valence-electron chi connectivity index (χ4n) is 4.26. The highest BCUT2D eigenvalue weighted by Gasteiger charge is 2.24. The van der Waals surface area contributed by atoms with Crippen molar-refractivity contribution in [1.29, 1.82) is 0 Å². The van der Waals surface area contributed by atoms with Crippen molar-refractivity contribution in [3.05, 3.63) is 66.2 Å². The van der Waals surface area contributed by atoms with E-state index in [0.717, 1.165) is 41.1 Å². The van der Waals surface area contributed by atoms with Crippen molar-refractivity contribution in [2.45, 2.75) is 40.4 Å². The molecule has 0 saturated heterocycles. The molecule has 0 atom stereocenters. The SMILES string of the molecule is CCN(CC)c1ccc(-c2cc(-c3ccc(C(C)=O)cc3)ccc2OCCO)cc1[Si](C)(C)C. The summed E-state index contributed by atoms with van der Waals surface area (Å²) in [5, 5.41) is 10.8. The van der Waals surface area contributed by atoms with Crippen LogP contribution >= 0.6 is 0 Å². The molecule has 3 aromatic carbocycles. The molecule has 0 aliphatic rings. The van der Waals surface area contributed by atoms with E-state index in [1.165, 1.54) is 10.9 Å². The Labute approximate surface area is 205 Å². The minimum atomic E-state index is -1.63.